The fourth-order valence-corrected chi connectivity index (χ4v) is 4.51. The van der Waals surface area contributed by atoms with E-state index < -0.39 is 41.4 Å². The molecule has 0 aliphatic carbocycles. The highest BCUT2D eigenvalue weighted by Crippen LogP contribution is 2.35. The van der Waals surface area contributed by atoms with Gasteiger partial charge in [0.2, 0.25) is 5.82 Å². The van der Waals surface area contributed by atoms with Gasteiger partial charge in [0, 0.05) is 31.7 Å². The van der Waals surface area contributed by atoms with Gasteiger partial charge in [-0.3, -0.25) is 4.90 Å². The molecule has 1 aromatic heterocycles. The number of amides is 1. The van der Waals surface area contributed by atoms with Crippen LogP contribution in [0.5, 0.6) is 0 Å². The molecule has 34 heavy (non-hydrogen) atoms. The summed E-state index contributed by atoms with van der Waals surface area (Å²) in [6.45, 7) is 6.29. The van der Waals surface area contributed by atoms with Gasteiger partial charge in [-0.1, -0.05) is 0 Å². The average Bonchev–Trinajstić information content (AvgIpc) is 3.28. The minimum absolute atomic E-state index is 0.0179. The van der Waals surface area contributed by atoms with E-state index in [0.29, 0.717) is 25.2 Å². The van der Waals surface area contributed by atoms with E-state index in [-0.39, 0.29) is 24.0 Å². The number of benzene rings is 1. The minimum atomic E-state index is -1.09. The Morgan fingerprint density at radius 1 is 1.26 bits per heavy atom. The topological polar surface area (TPSA) is 106 Å². The van der Waals surface area contributed by atoms with E-state index in [4.69, 9.17) is 9.47 Å². The molecule has 11 heteroatoms. The Bertz CT molecular complexity index is 1110. The van der Waals surface area contributed by atoms with Gasteiger partial charge in [-0.05, 0) is 45.4 Å². The van der Waals surface area contributed by atoms with Crippen LogP contribution in [0, 0.1) is 11.6 Å². The van der Waals surface area contributed by atoms with Crippen molar-refractivity contribution in [3.8, 4) is 0 Å². The van der Waals surface area contributed by atoms with E-state index in [1.165, 1.54) is 0 Å². The zero-order valence-electron chi connectivity index (χ0n) is 19.5. The number of carboxylic acid groups (broad SMARTS) is 1. The third kappa shape index (κ3) is 4.90. The summed E-state index contributed by atoms with van der Waals surface area (Å²) >= 11 is 0. The van der Waals surface area contributed by atoms with E-state index in [2.05, 4.69) is 15.2 Å². The largest absolute Gasteiger partial charge is 0.475 e. The van der Waals surface area contributed by atoms with Crippen molar-refractivity contribution >= 4 is 12.1 Å². The molecule has 0 bridgehead atoms. The number of carboxylic acids is 1. The molecule has 1 amide bonds. The molecule has 0 unspecified atom stereocenters. The Kier molecular flexibility index (Phi) is 6.34. The molecule has 1 saturated heterocycles. The number of carbonyl (C=O) groups is 2. The standard InChI is InChI=1S/C23H28F2N4O5/c1-23(2,3)34-22(32)27-16-8-13(11-33-19(16)14-7-12(24)5-6-15(14)25)29-9-17-18(10-29)28(4)20(26-17)21(30)31/h5-7,13,16,19H,8-11H2,1-4H3,(H,27,32)(H,30,31)/t13-,16+,19-/m1/s1. The normalized spacial score (nSPS) is 22.9. The summed E-state index contributed by atoms with van der Waals surface area (Å²) in [6.07, 6.45) is -1.19. The van der Waals surface area contributed by atoms with Crippen LogP contribution in [-0.2, 0) is 29.6 Å². The average molecular weight is 478 g/mol. The lowest BCUT2D eigenvalue weighted by atomic mass is 9.92. The number of nitrogens with zero attached hydrogens (tertiary/aromatic N) is 3. The number of rotatable bonds is 4. The van der Waals surface area contributed by atoms with Crippen molar-refractivity contribution in [1.29, 1.82) is 0 Å². The number of nitrogens with one attached hydrogen (secondary N) is 1. The van der Waals surface area contributed by atoms with Crippen LogP contribution in [-0.4, -0.2) is 55.9 Å². The molecular formula is C23H28F2N4O5. The van der Waals surface area contributed by atoms with Gasteiger partial charge in [0.25, 0.3) is 0 Å². The Morgan fingerprint density at radius 2 is 2.00 bits per heavy atom. The van der Waals surface area contributed by atoms with E-state index in [9.17, 15) is 23.5 Å². The van der Waals surface area contributed by atoms with Crippen LogP contribution >= 0.6 is 0 Å². The SMILES string of the molecule is Cn1c(C(=O)O)nc2c1CN([C@H]1CO[C@H](c3cc(F)ccc3F)[C@@H](NC(=O)OC(C)(C)C)C1)C2. The molecule has 0 radical (unpaired) electrons. The predicted molar refractivity (Wildman–Crippen MR) is 116 cm³/mol. The van der Waals surface area contributed by atoms with Crippen molar-refractivity contribution in [1.82, 2.24) is 19.8 Å². The molecule has 0 saturated carbocycles. The van der Waals surface area contributed by atoms with Gasteiger partial charge in [0.05, 0.1) is 24.0 Å². The van der Waals surface area contributed by atoms with Crippen molar-refractivity contribution in [2.75, 3.05) is 6.61 Å². The summed E-state index contributed by atoms with van der Waals surface area (Å²) in [5, 5.41) is 12.1. The predicted octanol–water partition coefficient (Wildman–Crippen LogP) is 3.14. The quantitative estimate of drug-likeness (QED) is 0.696. The number of imidazole rings is 1. The molecule has 3 atom stereocenters. The molecule has 2 N–H and O–H groups in total. The van der Waals surface area contributed by atoms with Crippen LogP contribution in [0.4, 0.5) is 13.6 Å². The van der Waals surface area contributed by atoms with Crippen molar-refractivity contribution in [3.63, 3.8) is 0 Å². The van der Waals surface area contributed by atoms with Gasteiger partial charge in [0.1, 0.15) is 23.3 Å². The maximum Gasteiger partial charge on any atom is 0.407 e. The highest BCUT2D eigenvalue weighted by Gasteiger charge is 2.40. The molecular weight excluding hydrogens is 450 g/mol. The van der Waals surface area contributed by atoms with Gasteiger partial charge in [-0.15, -0.1) is 0 Å². The van der Waals surface area contributed by atoms with Crippen molar-refractivity contribution < 1.29 is 33.0 Å². The number of ether oxygens (including phenoxy) is 2. The first-order valence-electron chi connectivity index (χ1n) is 11.0. The monoisotopic (exact) mass is 478 g/mol. The molecule has 1 aromatic carbocycles. The molecule has 184 valence electrons. The van der Waals surface area contributed by atoms with Gasteiger partial charge < -0.3 is 24.5 Å². The van der Waals surface area contributed by atoms with E-state index in [1.54, 1.807) is 32.4 Å². The van der Waals surface area contributed by atoms with Gasteiger partial charge in [-0.25, -0.2) is 23.4 Å². The van der Waals surface area contributed by atoms with Crippen molar-refractivity contribution in [2.24, 2.45) is 7.05 Å². The number of hydrogen-bond donors (Lipinski definition) is 2. The number of hydrogen-bond acceptors (Lipinski definition) is 6. The van der Waals surface area contributed by atoms with E-state index in [1.807, 2.05) is 0 Å². The first kappa shape index (κ1) is 24.1. The van der Waals surface area contributed by atoms with Crippen LogP contribution in [0.3, 0.4) is 0 Å². The van der Waals surface area contributed by atoms with Crippen molar-refractivity contribution in [2.45, 2.75) is 64.1 Å². The van der Waals surface area contributed by atoms with Gasteiger partial charge in [-0.2, -0.15) is 0 Å². The Hall–Kier alpha value is -3.05. The molecule has 0 spiro atoms. The lowest BCUT2D eigenvalue weighted by Crippen LogP contribution is -2.52. The maximum absolute atomic E-state index is 14.6. The van der Waals surface area contributed by atoms with Crippen LogP contribution in [0.1, 0.15) is 60.9 Å². The fourth-order valence-electron chi connectivity index (χ4n) is 4.51. The Labute approximate surface area is 195 Å². The Balaban J connectivity index is 1.54. The number of aromatic nitrogens is 2. The van der Waals surface area contributed by atoms with E-state index in [0.717, 1.165) is 23.9 Å². The summed E-state index contributed by atoms with van der Waals surface area (Å²) in [4.78, 5) is 30.2. The highest BCUT2D eigenvalue weighted by atomic mass is 19.1. The molecule has 9 nitrogen and oxygen atoms in total. The van der Waals surface area contributed by atoms with Crippen LogP contribution in [0.2, 0.25) is 0 Å². The lowest BCUT2D eigenvalue weighted by molar-refractivity contribution is -0.0630. The summed E-state index contributed by atoms with van der Waals surface area (Å²) < 4.78 is 41.4. The maximum atomic E-state index is 14.6. The summed E-state index contributed by atoms with van der Waals surface area (Å²) in [5.74, 6) is -2.34. The molecule has 2 aromatic rings. The Morgan fingerprint density at radius 3 is 2.65 bits per heavy atom. The second kappa shape index (κ2) is 8.95. The first-order chi connectivity index (χ1) is 15.9. The minimum Gasteiger partial charge on any atom is -0.475 e. The third-order valence-corrected chi connectivity index (χ3v) is 6.04. The highest BCUT2D eigenvalue weighted by molar-refractivity contribution is 5.83. The van der Waals surface area contributed by atoms with Crippen LogP contribution in [0.15, 0.2) is 18.2 Å². The van der Waals surface area contributed by atoms with Crippen molar-refractivity contribution in [3.05, 3.63) is 52.6 Å². The van der Waals surface area contributed by atoms with E-state index >= 15 is 0 Å². The van der Waals surface area contributed by atoms with Gasteiger partial charge in [0.15, 0.2) is 0 Å². The molecule has 3 heterocycles. The lowest BCUT2D eigenvalue weighted by Gasteiger charge is -2.40. The van der Waals surface area contributed by atoms with Crippen LogP contribution in [0.25, 0.3) is 0 Å². The second-order valence-corrected chi connectivity index (χ2v) is 9.66. The molecule has 1 fully saturated rings. The number of alkyl carbamates (subject to hydrolysis) is 1. The number of carbonyl (C=O) groups excluding carboxylic acids is 1. The number of aromatic carboxylic acids is 1. The summed E-state index contributed by atoms with van der Waals surface area (Å²) in [6, 6.07) is 2.28. The fraction of sp³-hybridized carbons (Fsp3) is 0.522. The van der Waals surface area contributed by atoms with Gasteiger partial charge >= 0.3 is 12.1 Å². The van der Waals surface area contributed by atoms with Crippen LogP contribution < -0.4 is 5.32 Å². The molecule has 2 aliphatic rings. The zero-order valence-corrected chi connectivity index (χ0v) is 19.5. The second-order valence-electron chi connectivity index (χ2n) is 9.66. The summed E-state index contributed by atoms with van der Waals surface area (Å²) in [5.41, 5.74) is 0.766. The first-order valence-corrected chi connectivity index (χ1v) is 11.0. The molecule has 4 rings (SSSR count). The molecule has 2 aliphatic heterocycles. The smallest absolute Gasteiger partial charge is 0.407 e. The zero-order chi connectivity index (χ0) is 24.8. The number of fused-ring (bicyclic) bond motifs is 1. The summed E-state index contributed by atoms with van der Waals surface area (Å²) in [7, 11) is 1.66. The number of halogens is 2. The third-order valence-electron chi connectivity index (χ3n) is 6.04.